The van der Waals surface area contributed by atoms with E-state index in [4.69, 9.17) is 0 Å². The van der Waals surface area contributed by atoms with Crippen molar-refractivity contribution in [2.45, 2.75) is 36.6 Å². The average molecular weight is 433 g/mol. The normalized spacial score (nSPS) is 16.7. The van der Waals surface area contributed by atoms with Crippen molar-refractivity contribution in [2.75, 3.05) is 41.7 Å². The average Bonchev–Trinajstić information content (AvgIpc) is 3.50. The highest BCUT2D eigenvalue weighted by Gasteiger charge is 2.35. The summed E-state index contributed by atoms with van der Waals surface area (Å²) in [6, 6.07) is 6.15. The molecule has 0 aromatic carbocycles. The molecule has 2 aromatic rings. The van der Waals surface area contributed by atoms with Gasteiger partial charge in [0.15, 0.2) is 4.34 Å². The molecule has 4 rings (SSSR count). The first-order valence-corrected chi connectivity index (χ1v) is 11.7. The van der Waals surface area contributed by atoms with Gasteiger partial charge in [-0.1, -0.05) is 36.1 Å². The smallest absolute Gasteiger partial charge is 0.233 e. The lowest BCUT2D eigenvalue weighted by Crippen LogP contribution is -2.49. The van der Waals surface area contributed by atoms with E-state index in [0.717, 1.165) is 36.1 Å². The predicted molar refractivity (Wildman–Crippen MR) is 114 cm³/mol. The molecule has 0 atom stereocenters. The number of hydrogen-bond donors (Lipinski definition) is 0. The number of carbonyl (C=O) groups excluding carboxylic acids is 2. The minimum Gasteiger partial charge on any atom is -0.353 e. The Bertz CT molecular complexity index is 849. The Balaban J connectivity index is 1.27. The molecule has 29 heavy (non-hydrogen) atoms. The zero-order valence-corrected chi connectivity index (χ0v) is 18.0. The fourth-order valence-electron chi connectivity index (χ4n) is 3.27. The maximum absolute atomic E-state index is 12.6. The molecule has 0 spiro atoms. The second kappa shape index (κ2) is 9.08. The molecule has 1 aliphatic heterocycles. The molecule has 1 saturated heterocycles. The Hall–Kier alpha value is -2.20. The highest BCUT2D eigenvalue weighted by molar-refractivity contribution is 8.01. The van der Waals surface area contributed by atoms with Crippen LogP contribution >= 0.6 is 23.1 Å². The quantitative estimate of drug-likeness (QED) is 0.490. The number of rotatable bonds is 7. The summed E-state index contributed by atoms with van der Waals surface area (Å²) in [5.74, 6) is 1.49. The van der Waals surface area contributed by atoms with E-state index in [1.54, 1.807) is 11.1 Å². The van der Waals surface area contributed by atoms with Gasteiger partial charge in [-0.05, 0) is 25.0 Å². The molecule has 154 valence electrons. The van der Waals surface area contributed by atoms with Crippen LogP contribution in [-0.4, -0.2) is 69.9 Å². The van der Waals surface area contributed by atoms with Gasteiger partial charge in [-0.3, -0.25) is 14.5 Å². The number of anilines is 2. The molecular weight excluding hydrogens is 408 g/mol. The third kappa shape index (κ3) is 4.87. The molecule has 2 aliphatic rings. The van der Waals surface area contributed by atoms with Gasteiger partial charge in [-0.15, -0.1) is 10.2 Å². The molecule has 0 radical (unpaired) electrons. The summed E-state index contributed by atoms with van der Waals surface area (Å²) in [6.07, 6.45) is 4.30. The fraction of sp³-hybridized carbons (Fsp3) is 0.526. The summed E-state index contributed by atoms with van der Waals surface area (Å²) >= 11 is 2.80. The number of carbonyl (C=O) groups is 2. The number of amides is 2. The molecule has 8 nitrogen and oxygen atoms in total. The van der Waals surface area contributed by atoms with Crippen molar-refractivity contribution in [2.24, 2.45) is 0 Å². The van der Waals surface area contributed by atoms with E-state index < -0.39 is 0 Å². The maximum Gasteiger partial charge on any atom is 0.233 e. The number of thioether (sulfide) groups is 1. The highest BCUT2D eigenvalue weighted by atomic mass is 32.2. The van der Waals surface area contributed by atoms with E-state index in [2.05, 4.69) is 20.1 Å². The zero-order chi connectivity index (χ0) is 20.2. The topological polar surface area (TPSA) is 82.5 Å². The van der Waals surface area contributed by atoms with Crippen molar-refractivity contribution >= 4 is 45.9 Å². The van der Waals surface area contributed by atoms with E-state index in [1.165, 1.54) is 23.1 Å². The summed E-state index contributed by atoms with van der Waals surface area (Å²) in [7, 11) is 0. The van der Waals surface area contributed by atoms with Crippen molar-refractivity contribution in [3.8, 4) is 0 Å². The molecule has 2 amide bonds. The van der Waals surface area contributed by atoms with Crippen molar-refractivity contribution in [3.05, 3.63) is 24.4 Å². The van der Waals surface area contributed by atoms with Gasteiger partial charge in [0.2, 0.25) is 16.9 Å². The van der Waals surface area contributed by atoms with Crippen molar-refractivity contribution in [1.29, 1.82) is 0 Å². The molecule has 0 N–H and O–H groups in total. The van der Waals surface area contributed by atoms with Crippen LogP contribution in [0, 0.1) is 0 Å². The molecule has 2 aromatic heterocycles. The summed E-state index contributed by atoms with van der Waals surface area (Å²) in [6.45, 7) is 4.81. The minimum absolute atomic E-state index is 0.0852. The van der Waals surface area contributed by atoms with Gasteiger partial charge in [0, 0.05) is 44.8 Å². The van der Waals surface area contributed by atoms with E-state index in [0.29, 0.717) is 30.4 Å². The third-order valence-electron chi connectivity index (χ3n) is 5.01. The Morgan fingerprint density at radius 1 is 1.21 bits per heavy atom. The molecule has 0 bridgehead atoms. The summed E-state index contributed by atoms with van der Waals surface area (Å²) in [4.78, 5) is 35.0. The second-order valence-electron chi connectivity index (χ2n) is 7.04. The molecule has 2 fully saturated rings. The van der Waals surface area contributed by atoms with Gasteiger partial charge < -0.3 is 9.80 Å². The Morgan fingerprint density at radius 2 is 2.00 bits per heavy atom. The van der Waals surface area contributed by atoms with Gasteiger partial charge in [0.25, 0.3) is 0 Å². The van der Waals surface area contributed by atoms with Gasteiger partial charge in [-0.25, -0.2) is 4.98 Å². The van der Waals surface area contributed by atoms with Crippen LogP contribution in [0.2, 0.25) is 0 Å². The Labute approximate surface area is 178 Å². The monoisotopic (exact) mass is 432 g/mol. The largest absolute Gasteiger partial charge is 0.353 e. The second-order valence-corrected chi connectivity index (χ2v) is 9.22. The zero-order valence-electron chi connectivity index (χ0n) is 16.4. The number of aromatic nitrogens is 3. The molecule has 3 heterocycles. The molecular formula is C19H24N6O2S2. The van der Waals surface area contributed by atoms with Crippen LogP contribution in [0.5, 0.6) is 0 Å². The fourth-order valence-corrected chi connectivity index (χ4v) is 5.10. The van der Waals surface area contributed by atoms with E-state index in [1.807, 2.05) is 30.0 Å². The van der Waals surface area contributed by atoms with Crippen LogP contribution in [0.1, 0.15) is 26.2 Å². The van der Waals surface area contributed by atoms with E-state index in [9.17, 15) is 9.59 Å². The minimum atomic E-state index is 0.0852. The molecule has 1 saturated carbocycles. The van der Waals surface area contributed by atoms with Gasteiger partial charge in [0.1, 0.15) is 5.82 Å². The van der Waals surface area contributed by atoms with Gasteiger partial charge in [0.05, 0.1) is 5.75 Å². The lowest BCUT2D eigenvalue weighted by Gasteiger charge is -2.35. The number of piperazine rings is 1. The van der Waals surface area contributed by atoms with Crippen LogP contribution < -0.4 is 9.80 Å². The lowest BCUT2D eigenvalue weighted by atomic mass is 10.3. The van der Waals surface area contributed by atoms with Crippen LogP contribution in [0.15, 0.2) is 28.7 Å². The first-order valence-electron chi connectivity index (χ1n) is 9.88. The first kappa shape index (κ1) is 20.1. The maximum atomic E-state index is 12.6. The van der Waals surface area contributed by atoms with Crippen molar-refractivity contribution in [3.63, 3.8) is 0 Å². The summed E-state index contributed by atoms with van der Waals surface area (Å²) in [5.41, 5.74) is 0. The number of nitrogens with zero attached hydrogens (tertiary/aromatic N) is 6. The summed E-state index contributed by atoms with van der Waals surface area (Å²) in [5, 5.41) is 9.03. The first-order chi connectivity index (χ1) is 14.2. The number of hydrogen-bond acceptors (Lipinski definition) is 8. The van der Waals surface area contributed by atoms with Crippen LogP contribution in [0.4, 0.5) is 10.9 Å². The van der Waals surface area contributed by atoms with E-state index >= 15 is 0 Å². The Morgan fingerprint density at radius 3 is 2.66 bits per heavy atom. The number of pyridine rings is 1. The molecule has 10 heteroatoms. The third-order valence-corrected chi connectivity index (χ3v) is 7.05. The van der Waals surface area contributed by atoms with Crippen LogP contribution in [-0.2, 0) is 9.59 Å². The predicted octanol–water partition coefficient (Wildman–Crippen LogP) is 2.28. The Kier molecular flexibility index (Phi) is 6.29. The van der Waals surface area contributed by atoms with E-state index in [-0.39, 0.29) is 17.9 Å². The SMILES string of the molecule is CCC(=O)N(c1nnc(SCC(=O)N2CCN(c3ccccn3)CC2)s1)C1CC1. The summed E-state index contributed by atoms with van der Waals surface area (Å²) < 4.78 is 0.732. The van der Waals surface area contributed by atoms with Crippen LogP contribution in [0.25, 0.3) is 0 Å². The lowest BCUT2D eigenvalue weighted by molar-refractivity contribution is -0.128. The molecule has 0 unspecified atom stereocenters. The standard InChI is InChI=1S/C19H24N6O2S2/c1-2-16(26)25(14-6-7-14)18-21-22-19(29-18)28-13-17(27)24-11-9-23(10-12-24)15-5-3-4-8-20-15/h3-5,8,14H,2,6-7,9-13H2,1H3. The van der Waals surface area contributed by atoms with Crippen molar-refractivity contribution < 1.29 is 9.59 Å². The molecule has 1 aliphatic carbocycles. The van der Waals surface area contributed by atoms with Gasteiger partial charge >= 0.3 is 0 Å². The van der Waals surface area contributed by atoms with Crippen LogP contribution in [0.3, 0.4) is 0 Å². The van der Waals surface area contributed by atoms with Crippen molar-refractivity contribution in [1.82, 2.24) is 20.1 Å². The highest BCUT2D eigenvalue weighted by Crippen LogP contribution is 2.36. The van der Waals surface area contributed by atoms with Gasteiger partial charge in [-0.2, -0.15) is 0 Å².